The Morgan fingerprint density at radius 1 is 1.18 bits per heavy atom. The van der Waals surface area contributed by atoms with Crippen LogP contribution in [0.5, 0.6) is 0 Å². The fourth-order valence-corrected chi connectivity index (χ4v) is 4.81. The van der Waals surface area contributed by atoms with Gasteiger partial charge in [-0.25, -0.2) is 0 Å². The van der Waals surface area contributed by atoms with E-state index < -0.39 is 30.8 Å². The van der Waals surface area contributed by atoms with Crippen LogP contribution in [0, 0.1) is 21.7 Å². The summed E-state index contributed by atoms with van der Waals surface area (Å²) in [6.07, 6.45) is 2.89. The van der Waals surface area contributed by atoms with Crippen molar-refractivity contribution >= 4 is 20.6 Å². The molecule has 3 rings (SSSR count). The summed E-state index contributed by atoms with van der Waals surface area (Å²) < 4.78 is 66.0. The molecule has 1 atom stereocenters. The fourth-order valence-electron chi connectivity index (χ4n) is 2.58. The van der Waals surface area contributed by atoms with Gasteiger partial charge < -0.3 is 12.6 Å². The summed E-state index contributed by atoms with van der Waals surface area (Å²) in [6, 6.07) is 7.07. The second kappa shape index (κ2) is 6.84. The zero-order valence-electron chi connectivity index (χ0n) is 11.7. The first-order valence-electron chi connectivity index (χ1n) is 6.57. The highest BCUT2D eigenvalue weighted by Crippen LogP contribution is 2.56. The SMILES string of the molecule is Cc1cccc2c1cc(C1CCC1)[s+]2C(F)(F)F.[O-][Br+2]([O-])[O-]. The van der Waals surface area contributed by atoms with Crippen LogP contribution in [-0.4, -0.2) is 0 Å². The molecule has 0 N–H and O–H groups in total. The number of benzene rings is 1. The fraction of sp³-hybridized carbons (Fsp3) is 0.429. The first-order chi connectivity index (χ1) is 10.2. The van der Waals surface area contributed by atoms with E-state index in [0.29, 0.717) is 9.58 Å². The summed E-state index contributed by atoms with van der Waals surface area (Å²) in [5, 5.41) is 0.806. The number of thiophene rings is 1. The third-order valence-electron chi connectivity index (χ3n) is 3.77. The van der Waals surface area contributed by atoms with Crippen molar-refractivity contribution in [3.05, 3.63) is 34.7 Å². The van der Waals surface area contributed by atoms with E-state index in [4.69, 9.17) is 12.6 Å². The zero-order valence-corrected chi connectivity index (χ0v) is 14.1. The van der Waals surface area contributed by atoms with Crippen LogP contribution in [0.15, 0.2) is 24.3 Å². The van der Waals surface area contributed by atoms with Gasteiger partial charge in [0.05, 0.1) is 10.5 Å². The Labute approximate surface area is 133 Å². The molecule has 0 amide bonds. The largest absolute Gasteiger partial charge is 0.600 e. The van der Waals surface area contributed by atoms with Crippen molar-refractivity contribution in [2.45, 2.75) is 37.6 Å². The molecule has 1 aliphatic rings. The summed E-state index contributed by atoms with van der Waals surface area (Å²) in [5.74, 6) is 0.154. The highest BCUT2D eigenvalue weighted by Gasteiger charge is 2.50. The van der Waals surface area contributed by atoms with Crippen molar-refractivity contribution < 1.29 is 40.6 Å². The van der Waals surface area contributed by atoms with Crippen molar-refractivity contribution in [3.8, 4) is 0 Å². The molecule has 3 nitrogen and oxygen atoms in total. The van der Waals surface area contributed by atoms with Gasteiger partial charge in [-0.2, -0.15) is 0 Å². The minimum atomic E-state index is -4.14. The van der Waals surface area contributed by atoms with Gasteiger partial charge in [-0.15, -0.1) is 13.2 Å². The van der Waals surface area contributed by atoms with E-state index in [9.17, 15) is 13.2 Å². The molecule has 1 fully saturated rings. The van der Waals surface area contributed by atoms with Crippen molar-refractivity contribution in [3.63, 3.8) is 0 Å². The highest BCUT2D eigenvalue weighted by atomic mass is 80.0. The van der Waals surface area contributed by atoms with Crippen molar-refractivity contribution in [2.24, 2.45) is 0 Å². The number of hydrogen-bond donors (Lipinski definition) is 0. The molecule has 0 aliphatic heterocycles. The van der Waals surface area contributed by atoms with Crippen molar-refractivity contribution in [1.82, 2.24) is 0 Å². The molecule has 8 heteroatoms. The Kier molecular flexibility index (Phi) is 5.50. The van der Waals surface area contributed by atoms with Crippen LogP contribution in [0.3, 0.4) is 0 Å². The van der Waals surface area contributed by atoms with Gasteiger partial charge in [-0.3, -0.25) is 0 Å². The Morgan fingerprint density at radius 3 is 2.23 bits per heavy atom. The van der Waals surface area contributed by atoms with E-state index in [2.05, 4.69) is 0 Å². The Balaban J connectivity index is 0.000000396. The molecule has 1 aromatic carbocycles. The lowest BCUT2D eigenvalue weighted by molar-refractivity contribution is -1.73. The average molecular weight is 399 g/mol. The maximum atomic E-state index is 13.3. The van der Waals surface area contributed by atoms with Gasteiger partial charge in [0.15, 0.2) is 9.58 Å². The molecule has 1 saturated carbocycles. The van der Waals surface area contributed by atoms with Gasteiger partial charge in [0.25, 0.3) is 0 Å². The van der Waals surface area contributed by atoms with Crippen LogP contribution in [0.2, 0.25) is 0 Å². The molecule has 1 aromatic heterocycles. The maximum Gasteiger partial charge on any atom is 0.600 e. The van der Waals surface area contributed by atoms with Crippen LogP contribution < -0.4 is 12.6 Å². The van der Waals surface area contributed by atoms with E-state index in [0.717, 1.165) is 30.2 Å². The molecule has 1 aliphatic carbocycles. The van der Waals surface area contributed by atoms with Crippen molar-refractivity contribution in [2.75, 3.05) is 0 Å². The molecular weight excluding hydrogens is 385 g/mol. The molecule has 0 saturated heterocycles. The van der Waals surface area contributed by atoms with Crippen LogP contribution in [0.4, 0.5) is 13.2 Å². The standard InChI is InChI=1S/C14H14F3S.BrO3/c1-9-4-2-7-12-11(9)8-13(10-5-3-6-10)18(12)14(15,16)17;2-1(3)4/h2,4,7-8,10H,3,5-6H2,1H3;/q+1;-1. The summed E-state index contributed by atoms with van der Waals surface area (Å²) in [4.78, 5) is 0.623. The van der Waals surface area contributed by atoms with Gasteiger partial charge in [-0.05, 0) is 31.4 Å². The van der Waals surface area contributed by atoms with Gasteiger partial charge in [-0.1, -0.05) is 18.6 Å². The van der Waals surface area contributed by atoms with E-state index in [1.54, 1.807) is 12.1 Å². The average Bonchev–Trinajstić information content (AvgIpc) is 2.65. The van der Waals surface area contributed by atoms with Crippen LogP contribution in [-0.2, 0) is 5.51 Å². The minimum absolute atomic E-state index is 0.154. The van der Waals surface area contributed by atoms with Gasteiger partial charge in [0.2, 0.25) is 14.8 Å². The zero-order chi connectivity index (χ0) is 16.5. The van der Waals surface area contributed by atoms with Crippen LogP contribution in [0.25, 0.3) is 10.1 Å². The summed E-state index contributed by atoms with van der Waals surface area (Å²) >= 11 is -3.65. The lowest BCUT2D eigenvalue weighted by atomic mass is 9.84. The normalized spacial score (nSPS) is 16.5. The molecule has 22 heavy (non-hydrogen) atoms. The predicted molar refractivity (Wildman–Crippen MR) is 69.1 cm³/mol. The van der Waals surface area contributed by atoms with Gasteiger partial charge in [0.1, 0.15) is 0 Å². The molecule has 2 aromatic rings. The number of rotatable bonds is 1. The summed E-state index contributed by atoms with van der Waals surface area (Å²) in [6.45, 7) is 1.89. The van der Waals surface area contributed by atoms with Gasteiger partial charge in [0, 0.05) is 17.4 Å². The monoisotopic (exact) mass is 398 g/mol. The third-order valence-corrected chi connectivity index (χ3v) is 5.95. The lowest BCUT2D eigenvalue weighted by Crippen LogP contribution is -2.42. The number of halogens is 4. The molecule has 122 valence electrons. The number of hydrogen-bond acceptors (Lipinski definition) is 3. The Bertz CT molecular complexity index is 648. The number of fused-ring (bicyclic) bond motifs is 1. The van der Waals surface area contributed by atoms with Crippen LogP contribution >= 0.6 is 10.5 Å². The number of alkyl halides is 3. The van der Waals surface area contributed by atoms with E-state index in [1.165, 1.54) is 0 Å². The number of aryl methyl sites for hydroxylation is 1. The molecule has 1 unspecified atom stereocenters. The van der Waals surface area contributed by atoms with Gasteiger partial charge >= 0.3 is 5.51 Å². The first kappa shape index (κ1) is 17.7. The molecule has 0 spiro atoms. The second-order valence-corrected chi connectivity index (χ2v) is 7.88. The smallest absolute Gasteiger partial charge is 0.405 e. The Hall–Kier alpha value is -0.670. The van der Waals surface area contributed by atoms with E-state index in [-0.39, 0.29) is 5.92 Å². The lowest BCUT2D eigenvalue weighted by Gasteiger charge is -2.21. The Morgan fingerprint density at radius 2 is 1.77 bits per heavy atom. The summed E-state index contributed by atoms with van der Waals surface area (Å²) in [5.41, 5.74) is -3.19. The first-order valence-corrected chi connectivity index (χ1v) is 9.74. The summed E-state index contributed by atoms with van der Waals surface area (Å²) in [7, 11) is -1.69. The minimum Gasteiger partial charge on any atom is -0.405 e. The van der Waals surface area contributed by atoms with E-state index >= 15 is 0 Å². The molecule has 0 bridgehead atoms. The maximum absolute atomic E-state index is 13.3. The van der Waals surface area contributed by atoms with Crippen molar-refractivity contribution in [1.29, 1.82) is 0 Å². The molecule has 0 radical (unpaired) electrons. The van der Waals surface area contributed by atoms with E-state index in [1.807, 2.05) is 19.1 Å². The topological polar surface area (TPSA) is 69.2 Å². The highest BCUT2D eigenvalue weighted by molar-refractivity contribution is 7.38. The quantitative estimate of drug-likeness (QED) is 0.690. The van der Waals surface area contributed by atoms with Crippen LogP contribution in [0.1, 0.15) is 35.6 Å². The second-order valence-electron chi connectivity index (χ2n) is 5.10. The molecular formula is C14H14BrF3O3S. The third kappa shape index (κ3) is 3.80. The predicted octanol–water partition coefficient (Wildman–Crippen LogP) is 2.07. The molecule has 1 heterocycles.